The molecular weight excluding hydrogens is 1330 g/mol. The minimum atomic E-state index is -1.37. The summed E-state index contributed by atoms with van der Waals surface area (Å²) in [6.07, 6.45) is 5.01. The Labute approximate surface area is 537 Å². The maximum Gasteiger partial charge on any atom is 0.319 e. The number of hydrogen-bond acceptors (Lipinski definition) is 16. The number of nitrogens with two attached hydrogens (primary N) is 1. The van der Waals surface area contributed by atoms with Crippen molar-refractivity contribution in [1.82, 2.24) is 55.4 Å². The Kier molecular flexibility index (Phi) is 14.1. The first-order valence-corrected chi connectivity index (χ1v) is 32.4. The van der Waals surface area contributed by atoms with E-state index in [0.29, 0.717) is 106 Å². The number of alkyl halides is 2. The van der Waals surface area contributed by atoms with E-state index < -0.39 is 58.3 Å². The second-order valence-corrected chi connectivity index (χ2v) is 27.4. The Morgan fingerprint density at radius 1 is 0.717 bits per heavy atom. The van der Waals surface area contributed by atoms with Gasteiger partial charge in [-0.3, -0.25) is 19.8 Å². The summed E-state index contributed by atoms with van der Waals surface area (Å²) in [4.78, 5) is 48.9. The number of urea groups is 1. The lowest BCUT2D eigenvalue weighted by molar-refractivity contribution is -0.754. The summed E-state index contributed by atoms with van der Waals surface area (Å²) >= 11 is 6.82. The summed E-state index contributed by atoms with van der Waals surface area (Å²) in [5.74, 6) is -2.59. The molecule has 28 heteroatoms. The van der Waals surface area contributed by atoms with Crippen molar-refractivity contribution in [2.24, 2.45) is 0 Å². The van der Waals surface area contributed by atoms with E-state index in [2.05, 4.69) is 62.5 Å². The number of aromatic nitrogens is 8. The Morgan fingerprint density at radius 2 is 1.37 bits per heavy atom. The maximum absolute atomic E-state index is 18.1. The van der Waals surface area contributed by atoms with Crippen LogP contribution in [0.2, 0.25) is 0 Å². The number of pyridine rings is 2. The van der Waals surface area contributed by atoms with Crippen LogP contribution in [0.1, 0.15) is 75.1 Å². The van der Waals surface area contributed by atoms with Crippen molar-refractivity contribution in [3.05, 3.63) is 104 Å². The highest BCUT2D eigenvalue weighted by Crippen LogP contribution is 2.53. The van der Waals surface area contributed by atoms with Gasteiger partial charge in [-0.15, -0.1) is 9.78 Å². The van der Waals surface area contributed by atoms with Crippen LogP contribution < -0.4 is 40.3 Å². The van der Waals surface area contributed by atoms with Gasteiger partial charge in [0.1, 0.15) is 89.3 Å². The molecule has 0 saturated carbocycles. The fourth-order valence-corrected chi connectivity index (χ4v) is 17.2. The molecule has 4 aromatic carbocycles. The van der Waals surface area contributed by atoms with Crippen LogP contribution in [0.5, 0.6) is 23.5 Å². The Balaban J connectivity index is 0.763. The predicted octanol–water partition coefficient (Wildman–Crippen LogP) is 10.4. The van der Waals surface area contributed by atoms with Crippen molar-refractivity contribution in [2.75, 3.05) is 74.6 Å². The summed E-state index contributed by atoms with van der Waals surface area (Å²) in [6, 6.07) is 10.00. The van der Waals surface area contributed by atoms with Crippen molar-refractivity contribution in [2.45, 2.75) is 106 Å². The summed E-state index contributed by atoms with van der Waals surface area (Å²) in [5, 5.41) is 33.3. The van der Waals surface area contributed by atoms with Crippen LogP contribution in [-0.2, 0) is 13.1 Å². The molecule has 6 atom stereocenters. The molecule has 0 aliphatic carbocycles. The molecule has 7 aliphatic rings. The van der Waals surface area contributed by atoms with E-state index in [9.17, 15) is 19.4 Å². The van der Waals surface area contributed by atoms with Crippen molar-refractivity contribution in [3.63, 3.8) is 0 Å². The fourth-order valence-electron chi connectivity index (χ4n) is 16.1. The minimum absolute atomic E-state index is 0.00181. The van der Waals surface area contributed by atoms with Gasteiger partial charge in [-0.1, -0.05) is 6.07 Å². The van der Waals surface area contributed by atoms with Gasteiger partial charge in [0, 0.05) is 98.9 Å². The molecule has 7 aliphatic heterocycles. The monoisotopic (exact) mass is 1390 g/mol. The average molecular weight is 1390 g/mol. The predicted molar refractivity (Wildman–Crippen MR) is 336 cm³/mol. The zero-order chi connectivity index (χ0) is 63.3. The number of fused-ring (bicyclic) bond motifs is 7. The average Bonchev–Trinajstić information content (AvgIpc) is 1.34. The normalized spacial score (nSPS) is 24.9. The number of carbonyl (C=O) groups excluding carboxylic acids is 1. The Morgan fingerprint density at radius 3 is 2.10 bits per heavy atom. The summed E-state index contributed by atoms with van der Waals surface area (Å²) in [6.45, 7) is 3.35. The number of hydrogen-bond donors (Lipinski definition) is 6. The van der Waals surface area contributed by atoms with Crippen LogP contribution in [0.25, 0.3) is 65.9 Å². The largest absolute Gasteiger partial charge is 0.508 e. The summed E-state index contributed by atoms with van der Waals surface area (Å²) in [7, 11) is 0. The van der Waals surface area contributed by atoms with Gasteiger partial charge in [-0.25, -0.2) is 31.1 Å². The molecule has 6 saturated heterocycles. The van der Waals surface area contributed by atoms with Gasteiger partial charge < -0.3 is 45.9 Å². The number of halogens is 8. The first-order chi connectivity index (χ1) is 44.3. The van der Waals surface area contributed by atoms with Crippen molar-refractivity contribution >= 4 is 98.7 Å². The topological polar surface area (TPSA) is 236 Å². The molecule has 7 N–H and O–H groups in total. The third-order valence-electron chi connectivity index (χ3n) is 20.1. The van der Waals surface area contributed by atoms with E-state index in [1.54, 1.807) is 0 Å². The zero-order valence-electron chi connectivity index (χ0n) is 49.3. The van der Waals surface area contributed by atoms with Crippen LogP contribution in [-0.4, -0.2) is 149 Å². The molecule has 12 heterocycles. The molecule has 20 nitrogen and oxygen atoms in total. The molecule has 6 fully saturated rings. The smallest absolute Gasteiger partial charge is 0.319 e. The Bertz CT molecular complexity index is 4600. The zero-order valence-corrected chi connectivity index (χ0v) is 52.5. The molecule has 16 rings (SSSR count). The van der Waals surface area contributed by atoms with Gasteiger partial charge in [-0.2, -0.15) is 19.9 Å². The molecule has 0 radical (unpaired) electrons. The number of ether oxygens (including phenoxy) is 2. The number of H-pyrrole nitrogens is 1. The van der Waals surface area contributed by atoms with Crippen LogP contribution in [0.3, 0.4) is 0 Å². The fraction of sp³-hybridized carbons (Fsp3) is 0.406. The second-order valence-electron chi connectivity index (χ2n) is 25.8. The van der Waals surface area contributed by atoms with Crippen LogP contribution in [0.15, 0.2) is 69.9 Å². The second kappa shape index (κ2) is 22.0. The molecular formula is C64H60Br2F6N15O5+. The van der Waals surface area contributed by atoms with E-state index in [4.69, 9.17) is 35.1 Å². The number of rotatable bonds is 11. The maximum atomic E-state index is 18.1. The van der Waals surface area contributed by atoms with E-state index in [-0.39, 0.29) is 139 Å². The van der Waals surface area contributed by atoms with E-state index in [1.807, 2.05) is 25.4 Å². The van der Waals surface area contributed by atoms with Crippen LogP contribution in [0.4, 0.5) is 48.6 Å². The van der Waals surface area contributed by atoms with Gasteiger partial charge in [-0.05, 0) is 130 Å². The number of phenolic OH excluding ortho intramolecular Hbond substituents is 2. The Hall–Kier alpha value is -8.08. The highest BCUT2D eigenvalue weighted by atomic mass is 79.9. The highest BCUT2D eigenvalue weighted by molar-refractivity contribution is 9.11. The number of phenols is 2. The number of benzene rings is 4. The lowest BCUT2D eigenvalue weighted by Gasteiger charge is -2.40. The number of amides is 2. The number of nitrogens with zero attached hydrogens (tertiary/aromatic N) is 11. The number of aromatic hydroxyl groups is 2. The van der Waals surface area contributed by atoms with Gasteiger partial charge in [0.2, 0.25) is 5.69 Å². The lowest BCUT2D eigenvalue weighted by atomic mass is 9.90. The molecule has 9 aromatic rings. The number of aryl methyl sites for hydroxylation is 1. The first kappa shape index (κ1) is 59.0. The van der Waals surface area contributed by atoms with Crippen LogP contribution >= 0.6 is 31.9 Å². The summed E-state index contributed by atoms with van der Waals surface area (Å²) < 4.78 is 114. The SMILES string of the molecule is Nc1cc2[n+]([nH]1)CCCN(c1nc(OC[C@@]34CCC(c5cc(F)c(Br)c6c(-c7ncc8c(N9CCCC%10(CNC(=O)N%10)C9)nc(OC[C@@]9%10CCCN9C[C@H](F)C%10)nc8c7F)cc(O)cc56)N3C[C@H](F)C4)nc3c(F)c(-c4cc(O)cc5ccc(F)c(Br)c45)ncc13)C2. The molecule has 92 heavy (non-hydrogen) atoms. The highest BCUT2D eigenvalue weighted by Gasteiger charge is 2.55. The first-order valence-electron chi connectivity index (χ1n) is 30.8. The van der Waals surface area contributed by atoms with E-state index in [1.165, 1.54) is 54.9 Å². The van der Waals surface area contributed by atoms with Gasteiger partial charge in [0.05, 0.1) is 42.4 Å². The molecule has 476 valence electrons. The number of anilines is 3. The van der Waals surface area contributed by atoms with Crippen LogP contribution in [0, 0.1) is 23.3 Å². The third kappa shape index (κ3) is 9.72. The quantitative estimate of drug-likeness (QED) is 0.0522. The number of nitrogen functional groups attached to an aromatic ring is 1. The standard InChI is InChI=1S/C64H59Br2F6N15O5/c65-49-43(69)5-4-31-14-35(88)17-39(47(31)49)53-51(71)55-41(22-74-53)57(83-11-3-13-87-34(26-83)15-46(73)82-87)79-60(77-55)92-30-64-9-6-45(86(64)25-33(68)21-64)37-19-44(70)50(66)48-38(37)16-36(89)18-40(48)54-52(72)56-42(23-75-54)58(84-10-1-7-62(28-84)27-76-59(90)81-62)80-61(78-56)91-29-63-8-2-12-85(63)24-32(67)20-63/h4-5,14-19,22-23,32-33,45H,1-3,6-13,20-21,24-30H2,(H6,73,76,81,82,88,89,90)/p+1/t32-,33-,45?,62?,63+,64+/m1/s1. The van der Waals surface area contributed by atoms with Gasteiger partial charge >= 0.3 is 18.1 Å². The van der Waals surface area contributed by atoms with Gasteiger partial charge in [0.25, 0.3) is 0 Å². The molecule has 1 spiro atoms. The molecule has 2 unspecified atom stereocenters. The third-order valence-corrected chi connectivity index (χ3v) is 21.6. The number of nitrogens with one attached hydrogen (secondary N) is 3. The molecule has 2 amide bonds. The number of carbonyl (C=O) groups is 1. The molecule has 0 bridgehead atoms. The number of aromatic amines is 1. The lowest BCUT2D eigenvalue weighted by Crippen LogP contribution is -2.56. The minimum Gasteiger partial charge on any atom is -0.508 e. The van der Waals surface area contributed by atoms with E-state index >= 15 is 22.0 Å². The summed E-state index contributed by atoms with van der Waals surface area (Å²) in [5.41, 5.74) is 4.41. The van der Waals surface area contributed by atoms with Gasteiger partial charge in [0.15, 0.2) is 24.0 Å². The molecule has 5 aromatic heterocycles. The number of piperidine rings is 1. The van der Waals surface area contributed by atoms with E-state index in [0.717, 1.165) is 18.7 Å². The van der Waals surface area contributed by atoms with Crippen molar-refractivity contribution < 1.29 is 55.5 Å². The van der Waals surface area contributed by atoms with Crippen molar-refractivity contribution in [3.8, 4) is 46.0 Å². The van der Waals surface area contributed by atoms with Crippen molar-refractivity contribution in [1.29, 1.82) is 0 Å².